The zero-order valence-electron chi connectivity index (χ0n) is 12.1. The van der Waals surface area contributed by atoms with E-state index in [4.69, 9.17) is 21.7 Å². The van der Waals surface area contributed by atoms with Crippen LogP contribution >= 0.6 is 12.2 Å². The highest BCUT2D eigenvalue weighted by molar-refractivity contribution is 7.80. The van der Waals surface area contributed by atoms with Crippen molar-refractivity contribution in [2.75, 3.05) is 13.1 Å². The molecule has 0 atom stereocenters. The van der Waals surface area contributed by atoms with E-state index in [0.717, 1.165) is 36.5 Å². The topological polar surface area (TPSA) is 21.7 Å². The van der Waals surface area contributed by atoms with Crippen LogP contribution in [0.4, 0.5) is 4.39 Å². The second kappa shape index (κ2) is 6.38. The third kappa shape index (κ3) is 3.59. The normalized spacial score (nSPS) is 26.5. The van der Waals surface area contributed by atoms with E-state index in [2.05, 4.69) is 4.90 Å². The van der Waals surface area contributed by atoms with Crippen molar-refractivity contribution < 1.29 is 13.9 Å². The lowest BCUT2D eigenvalue weighted by Crippen LogP contribution is -2.48. The zero-order chi connectivity index (χ0) is 14.8. The number of piperidine rings is 1. The van der Waals surface area contributed by atoms with E-state index in [-0.39, 0.29) is 18.4 Å². The molecule has 1 aromatic rings. The van der Waals surface area contributed by atoms with E-state index < -0.39 is 0 Å². The maximum absolute atomic E-state index is 12.9. The molecule has 0 saturated carbocycles. The molecule has 5 heteroatoms. The zero-order valence-corrected chi connectivity index (χ0v) is 12.9. The molecule has 0 bridgehead atoms. The molecule has 21 heavy (non-hydrogen) atoms. The smallest absolute Gasteiger partial charge is 0.166 e. The Bertz CT molecular complexity index is 494. The summed E-state index contributed by atoms with van der Waals surface area (Å²) in [4.78, 5) is 3.18. The Hall–Kier alpha value is -1.04. The molecule has 2 aliphatic rings. The summed E-state index contributed by atoms with van der Waals surface area (Å²) in [5.41, 5.74) is 1.06. The van der Waals surface area contributed by atoms with Gasteiger partial charge in [-0.1, -0.05) is 24.4 Å². The maximum Gasteiger partial charge on any atom is 0.166 e. The van der Waals surface area contributed by atoms with Crippen molar-refractivity contribution in [2.24, 2.45) is 5.92 Å². The predicted octanol–water partition coefficient (Wildman–Crippen LogP) is 3.13. The molecule has 2 aliphatic heterocycles. The Labute approximate surface area is 130 Å². The van der Waals surface area contributed by atoms with Gasteiger partial charge < -0.3 is 14.4 Å². The van der Waals surface area contributed by atoms with Gasteiger partial charge in [0, 0.05) is 25.4 Å². The van der Waals surface area contributed by atoms with Gasteiger partial charge in [-0.3, -0.25) is 0 Å². The van der Waals surface area contributed by atoms with Crippen LogP contribution in [0.25, 0.3) is 0 Å². The monoisotopic (exact) mass is 309 g/mol. The van der Waals surface area contributed by atoms with E-state index >= 15 is 0 Å². The number of hydrogen-bond acceptors (Lipinski definition) is 3. The van der Waals surface area contributed by atoms with Crippen LogP contribution in [-0.4, -0.2) is 35.6 Å². The minimum atomic E-state index is -0.208. The fraction of sp³-hybridized carbons (Fsp3) is 0.562. The molecule has 2 heterocycles. The highest BCUT2D eigenvalue weighted by Crippen LogP contribution is 2.30. The van der Waals surface area contributed by atoms with Gasteiger partial charge in [-0.15, -0.1) is 0 Å². The Kier molecular flexibility index (Phi) is 4.52. The van der Waals surface area contributed by atoms with Gasteiger partial charge in [0.25, 0.3) is 0 Å². The SMILES string of the molecule is CC1OC(C2CCN(C(=S)Cc3ccc(F)cc3)CC2)O1. The quantitative estimate of drug-likeness (QED) is 0.800. The second-order valence-electron chi connectivity index (χ2n) is 5.73. The van der Waals surface area contributed by atoms with E-state index in [1.165, 1.54) is 12.1 Å². The van der Waals surface area contributed by atoms with Crippen LogP contribution in [0.3, 0.4) is 0 Å². The van der Waals surface area contributed by atoms with Gasteiger partial charge in [-0.2, -0.15) is 0 Å². The molecule has 2 fully saturated rings. The Balaban J connectivity index is 1.47. The van der Waals surface area contributed by atoms with Crippen LogP contribution in [0.1, 0.15) is 25.3 Å². The van der Waals surface area contributed by atoms with Crippen LogP contribution in [0.2, 0.25) is 0 Å². The summed E-state index contributed by atoms with van der Waals surface area (Å²) in [6.45, 7) is 3.81. The number of likely N-dealkylation sites (tertiary alicyclic amines) is 1. The van der Waals surface area contributed by atoms with Crippen molar-refractivity contribution in [2.45, 2.75) is 38.8 Å². The largest absolute Gasteiger partial charge is 0.366 e. The standard InChI is InChI=1S/C16H20FNO2S/c1-11-19-16(20-11)13-6-8-18(9-7-13)15(21)10-12-2-4-14(17)5-3-12/h2-5,11,13,16H,6-10H2,1H3. The van der Waals surface area contributed by atoms with E-state index in [0.29, 0.717) is 12.3 Å². The Morgan fingerprint density at radius 3 is 2.43 bits per heavy atom. The van der Waals surface area contributed by atoms with Crippen LogP contribution in [0, 0.1) is 11.7 Å². The first-order valence-electron chi connectivity index (χ1n) is 7.45. The fourth-order valence-electron chi connectivity index (χ4n) is 2.92. The average Bonchev–Trinajstić information content (AvgIpc) is 2.46. The van der Waals surface area contributed by atoms with Crippen LogP contribution < -0.4 is 0 Å². The number of benzene rings is 1. The van der Waals surface area contributed by atoms with Crippen molar-refractivity contribution in [3.63, 3.8) is 0 Å². The number of ether oxygens (including phenoxy) is 2. The number of hydrogen-bond donors (Lipinski definition) is 0. The van der Waals surface area contributed by atoms with Gasteiger partial charge >= 0.3 is 0 Å². The lowest BCUT2D eigenvalue weighted by molar-refractivity contribution is -0.394. The molecule has 3 nitrogen and oxygen atoms in total. The Morgan fingerprint density at radius 1 is 1.24 bits per heavy atom. The van der Waals surface area contributed by atoms with Gasteiger partial charge in [-0.25, -0.2) is 4.39 Å². The summed E-state index contributed by atoms with van der Waals surface area (Å²) < 4.78 is 24.0. The van der Waals surface area contributed by atoms with Crippen molar-refractivity contribution in [3.8, 4) is 0 Å². The van der Waals surface area contributed by atoms with Gasteiger partial charge in [0.2, 0.25) is 0 Å². The molecule has 114 valence electrons. The second-order valence-corrected chi connectivity index (χ2v) is 6.20. The molecule has 0 unspecified atom stereocenters. The number of thiocarbonyl (C=S) groups is 1. The molecular weight excluding hydrogens is 289 g/mol. The summed E-state index contributed by atoms with van der Waals surface area (Å²) in [5.74, 6) is 0.270. The van der Waals surface area contributed by atoms with Crippen molar-refractivity contribution >= 4 is 17.2 Å². The number of halogens is 1. The molecule has 0 N–H and O–H groups in total. The van der Waals surface area contributed by atoms with Gasteiger partial charge in [0.15, 0.2) is 12.6 Å². The summed E-state index contributed by atoms with van der Waals surface area (Å²) >= 11 is 5.52. The first-order valence-corrected chi connectivity index (χ1v) is 7.86. The highest BCUT2D eigenvalue weighted by atomic mass is 32.1. The van der Waals surface area contributed by atoms with E-state index in [1.54, 1.807) is 12.1 Å². The van der Waals surface area contributed by atoms with Crippen LogP contribution in [0.15, 0.2) is 24.3 Å². The third-order valence-corrected chi connectivity index (χ3v) is 4.60. The van der Waals surface area contributed by atoms with Crippen molar-refractivity contribution in [1.29, 1.82) is 0 Å². The van der Waals surface area contributed by atoms with Gasteiger partial charge in [0.05, 0.1) is 4.99 Å². The molecule has 0 aliphatic carbocycles. The molecule has 3 rings (SSSR count). The predicted molar refractivity (Wildman–Crippen MR) is 82.4 cm³/mol. The lowest BCUT2D eigenvalue weighted by atomic mass is 9.95. The first kappa shape index (κ1) is 14.9. The molecule has 0 amide bonds. The molecule has 2 saturated heterocycles. The molecule has 0 radical (unpaired) electrons. The van der Waals surface area contributed by atoms with Gasteiger partial charge in [-0.05, 0) is 37.5 Å². The Morgan fingerprint density at radius 2 is 1.86 bits per heavy atom. The van der Waals surface area contributed by atoms with E-state index in [1.807, 2.05) is 6.92 Å². The van der Waals surface area contributed by atoms with Crippen molar-refractivity contribution in [3.05, 3.63) is 35.6 Å². The van der Waals surface area contributed by atoms with E-state index in [9.17, 15) is 4.39 Å². The summed E-state index contributed by atoms with van der Waals surface area (Å²) in [6, 6.07) is 6.56. The van der Waals surface area contributed by atoms with Crippen LogP contribution in [0.5, 0.6) is 0 Å². The third-order valence-electron chi connectivity index (χ3n) is 4.20. The minimum absolute atomic E-state index is 0.0205. The minimum Gasteiger partial charge on any atom is -0.366 e. The first-order chi connectivity index (χ1) is 10.1. The summed E-state index contributed by atoms with van der Waals surface area (Å²) in [6.07, 6.45) is 2.72. The summed E-state index contributed by atoms with van der Waals surface area (Å²) in [7, 11) is 0. The molecule has 1 aromatic carbocycles. The summed E-state index contributed by atoms with van der Waals surface area (Å²) in [5, 5.41) is 0. The number of nitrogens with zero attached hydrogens (tertiary/aromatic N) is 1. The molecule has 0 spiro atoms. The van der Waals surface area contributed by atoms with Crippen LogP contribution in [-0.2, 0) is 15.9 Å². The molecule has 0 aromatic heterocycles. The molecular formula is C16H20FNO2S. The number of rotatable bonds is 3. The van der Waals surface area contributed by atoms with Gasteiger partial charge in [0.1, 0.15) is 5.82 Å². The maximum atomic E-state index is 12.9. The lowest BCUT2D eigenvalue weighted by Gasteiger charge is -2.43. The average molecular weight is 309 g/mol. The fourth-order valence-corrected chi connectivity index (χ4v) is 3.27. The van der Waals surface area contributed by atoms with Crippen molar-refractivity contribution in [1.82, 2.24) is 4.90 Å². The highest BCUT2D eigenvalue weighted by Gasteiger charge is 2.36.